The molecule has 0 saturated carbocycles. The quantitative estimate of drug-likeness (QED) is 0.454. The molecular weight excluding hydrogens is 214 g/mol. The zero-order valence-electron chi connectivity index (χ0n) is 10.3. The van der Waals surface area contributed by atoms with Gasteiger partial charge in [-0.3, -0.25) is 0 Å². The number of rotatable bonds is 3. The monoisotopic (exact) mass is 229 g/mol. The van der Waals surface area contributed by atoms with Crippen LogP contribution in [0.3, 0.4) is 0 Å². The van der Waals surface area contributed by atoms with Crippen LogP contribution >= 0.6 is 0 Å². The SMILES string of the molecule is COC(=O)/C(C#N)=C(\C)Cc1cccc(C)c1. The first-order valence-electron chi connectivity index (χ1n) is 5.32. The van der Waals surface area contributed by atoms with E-state index in [1.165, 1.54) is 7.11 Å². The largest absolute Gasteiger partial charge is 0.465 e. The number of nitriles is 1. The molecule has 0 bridgehead atoms. The summed E-state index contributed by atoms with van der Waals surface area (Å²) in [7, 11) is 1.28. The smallest absolute Gasteiger partial charge is 0.348 e. The van der Waals surface area contributed by atoms with E-state index in [1.54, 1.807) is 6.92 Å². The second-order valence-electron chi connectivity index (χ2n) is 3.92. The third-order valence-corrected chi connectivity index (χ3v) is 2.48. The minimum atomic E-state index is -0.572. The van der Waals surface area contributed by atoms with Crippen molar-refractivity contribution in [3.05, 3.63) is 46.5 Å². The summed E-state index contributed by atoms with van der Waals surface area (Å²) >= 11 is 0. The Morgan fingerprint density at radius 3 is 2.71 bits per heavy atom. The van der Waals surface area contributed by atoms with E-state index in [2.05, 4.69) is 4.74 Å². The number of carbonyl (C=O) groups is 1. The molecule has 0 aliphatic rings. The van der Waals surface area contributed by atoms with Crippen molar-refractivity contribution in [2.24, 2.45) is 0 Å². The molecule has 3 heteroatoms. The molecule has 0 amide bonds. The molecule has 3 nitrogen and oxygen atoms in total. The Bertz CT molecular complexity index is 495. The van der Waals surface area contributed by atoms with E-state index in [0.717, 1.165) is 16.7 Å². The van der Waals surface area contributed by atoms with Gasteiger partial charge in [-0.15, -0.1) is 0 Å². The summed E-state index contributed by atoms with van der Waals surface area (Å²) in [5.41, 5.74) is 3.06. The number of nitrogens with zero attached hydrogens (tertiary/aromatic N) is 1. The predicted molar refractivity (Wildman–Crippen MR) is 65.2 cm³/mol. The van der Waals surface area contributed by atoms with Crippen molar-refractivity contribution >= 4 is 5.97 Å². The molecule has 88 valence electrons. The van der Waals surface area contributed by atoms with Gasteiger partial charge in [0.25, 0.3) is 0 Å². The highest BCUT2D eigenvalue weighted by molar-refractivity contribution is 5.93. The third-order valence-electron chi connectivity index (χ3n) is 2.48. The number of methoxy groups -OCH3 is 1. The maximum absolute atomic E-state index is 11.3. The molecule has 0 saturated heterocycles. The van der Waals surface area contributed by atoms with Gasteiger partial charge in [-0.25, -0.2) is 4.79 Å². The lowest BCUT2D eigenvalue weighted by atomic mass is 10.0. The number of hydrogen-bond donors (Lipinski definition) is 0. The van der Waals surface area contributed by atoms with E-state index >= 15 is 0 Å². The molecule has 0 spiro atoms. The van der Waals surface area contributed by atoms with E-state index in [0.29, 0.717) is 6.42 Å². The third kappa shape index (κ3) is 3.46. The minimum absolute atomic E-state index is 0.0917. The molecule has 1 aromatic rings. The van der Waals surface area contributed by atoms with Crippen molar-refractivity contribution in [2.45, 2.75) is 20.3 Å². The number of aryl methyl sites for hydroxylation is 1. The first-order valence-corrected chi connectivity index (χ1v) is 5.32. The fraction of sp³-hybridized carbons (Fsp3) is 0.286. The summed E-state index contributed by atoms with van der Waals surface area (Å²) in [4.78, 5) is 11.3. The molecule has 0 fully saturated rings. The van der Waals surface area contributed by atoms with Crippen molar-refractivity contribution in [3.63, 3.8) is 0 Å². The average molecular weight is 229 g/mol. The van der Waals surface area contributed by atoms with Crippen LogP contribution < -0.4 is 0 Å². The van der Waals surface area contributed by atoms with E-state index < -0.39 is 5.97 Å². The van der Waals surface area contributed by atoms with E-state index in [9.17, 15) is 4.79 Å². The van der Waals surface area contributed by atoms with Gasteiger partial charge in [-0.05, 0) is 31.4 Å². The van der Waals surface area contributed by atoms with Crippen molar-refractivity contribution in [1.82, 2.24) is 0 Å². The van der Waals surface area contributed by atoms with Crippen LogP contribution in [0.1, 0.15) is 18.1 Å². The van der Waals surface area contributed by atoms with Gasteiger partial charge >= 0.3 is 5.97 Å². The molecule has 17 heavy (non-hydrogen) atoms. The Labute approximate surface area is 101 Å². The second kappa shape index (κ2) is 5.86. The number of ether oxygens (including phenoxy) is 1. The lowest BCUT2D eigenvalue weighted by Crippen LogP contribution is -2.06. The van der Waals surface area contributed by atoms with Crippen LogP contribution in [-0.4, -0.2) is 13.1 Å². The van der Waals surface area contributed by atoms with Crippen LogP contribution in [0.5, 0.6) is 0 Å². The molecule has 0 aliphatic heterocycles. The van der Waals surface area contributed by atoms with Gasteiger partial charge in [0.05, 0.1) is 7.11 Å². The number of hydrogen-bond acceptors (Lipinski definition) is 3. The number of esters is 1. The molecular formula is C14H15NO2. The Morgan fingerprint density at radius 1 is 1.47 bits per heavy atom. The van der Waals surface area contributed by atoms with E-state index in [-0.39, 0.29) is 5.57 Å². The van der Waals surface area contributed by atoms with Crippen molar-refractivity contribution in [2.75, 3.05) is 7.11 Å². The van der Waals surface area contributed by atoms with Gasteiger partial charge in [0.1, 0.15) is 11.6 Å². The fourth-order valence-corrected chi connectivity index (χ4v) is 1.63. The number of benzene rings is 1. The van der Waals surface area contributed by atoms with Crippen LogP contribution in [0, 0.1) is 18.3 Å². The summed E-state index contributed by atoms with van der Waals surface area (Å²) < 4.78 is 4.57. The van der Waals surface area contributed by atoms with Crippen LogP contribution in [-0.2, 0) is 16.0 Å². The van der Waals surface area contributed by atoms with Crippen molar-refractivity contribution < 1.29 is 9.53 Å². The molecule has 0 heterocycles. The van der Waals surface area contributed by atoms with Crippen LogP contribution in [0.15, 0.2) is 35.4 Å². The topological polar surface area (TPSA) is 50.1 Å². The van der Waals surface area contributed by atoms with Gasteiger partial charge in [-0.1, -0.05) is 29.8 Å². The van der Waals surface area contributed by atoms with Crippen LogP contribution in [0.2, 0.25) is 0 Å². The van der Waals surface area contributed by atoms with Gasteiger partial charge in [-0.2, -0.15) is 5.26 Å². The first-order chi connectivity index (χ1) is 8.08. The first kappa shape index (κ1) is 13.0. The van der Waals surface area contributed by atoms with Crippen LogP contribution in [0.25, 0.3) is 0 Å². The van der Waals surface area contributed by atoms with Gasteiger partial charge in [0.15, 0.2) is 0 Å². The molecule has 1 aromatic carbocycles. The molecule has 0 unspecified atom stereocenters. The zero-order chi connectivity index (χ0) is 12.8. The molecule has 1 rings (SSSR count). The summed E-state index contributed by atoms with van der Waals surface area (Å²) in [6.07, 6.45) is 0.583. The van der Waals surface area contributed by atoms with Gasteiger partial charge in [0, 0.05) is 0 Å². The predicted octanol–water partition coefficient (Wildman–Crippen LogP) is 2.55. The summed E-state index contributed by atoms with van der Waals surface area (Å²) in [6, 6.07) is 9.87. The molecule has 0 N–H and O–H groups in total. The second-order valence-corrected chi connectivity index (χ2v) is 3.92. The Morgan fingerprint density at radius 2 is 2.18 bits per heavy atom. The van der Waals surface area contributed by atoms with Gasteiger partial charge < -0.3 is 4.74 Å². The lowest BCUT2D eigenvalue weighted by Gasteiger charge is -2.05. The normalized spacial score (nSPS) is 11.4. The Kier molecular flexibility index (Phi) is 4.47. The Balaban J connectivity index is 2.98. The summed E-state index contributed by atoms with van der Waals surface area (Å²) in [5.74, 6) is -0.572. The number of allylic oxidation sites excluding steroid dienone is 1. The summed E-state index contributed by atoms with van der Waals surface area (Å²) in [6.45, 7) is 3.78. The van der Waals surface area contributed by atoms with Crippen molar-refractivity contribution in [1.29, 1.82) is 5.26 Å². The molecule has 0 radical (unpaired) electrons. The minimum Gasteiger partial charge on any atom is -0.465 e. The highest BCUT2D eigenvalue weighted by Gasteiger charge is 2.12. The van der Waals surface area contributed by atoms with Gasteiger partial charge in [0.2, 0.25) is 0 Å². The summed E-state index contributed by atoms with van der Waals surface area (Å²) in [5, 5.41) is 8.92. The highest BCUT2D eigenvalue weighted by atomic mass is 16.5. The molecule has 0 aromatic heterocycles. The molecule has 0 aliphatic carbocycles. The average Bonchev–Trinajstić information content (AvgIpc) is 2.29. The Hall–Kier alpha value is -2.08. The van der Waals surface area contributed by atoms with E-state index in [1.807, 2.05) is 37.3 Å². The lowest BCUT2D eigenvalue weighted by molar-refractivity contribution is -0.135. The van der Waals surface area contributed by atoms with Crippen molar-refractivity contribution in [3.8, 4) is 6.07 Å². The van der Waals surface area contributed by atoms with Crippen LogP contribution in [0.4, 0.5) is 0 Å². The fourth-order valence-electron chi connectivity index (χ4n) is 1.63. The maximum Gasteiger partial charge on any atom is 0.348 e. The van der Waals surface area contributed by atoms with E-state index in [4.69, 9.17) is 5.26 Å². The highest BCUT2D eigenvalue weighted by Crippen LogP contribution is 2.13. The molecule has 0 atom stereocenters. The maximum atomic E-state index is 11.3. The zero-order valence-corrected chi connectivity index (χ0v) is 10.3. The standard InChI is InChI=1S/C14H15NO2/c1-10-5-4-6-12(7-10)8-11(2)13(9-15)14(16)17-3/h4-7H,8H2,1-3H3/b13-11+. The number of carbonyl (C=O) groups excluding carboxylic acids is 1.